The first-order valence-corrected chi connectivity index (χ1v) is 9.20. The summed E-state index contributed by atoms with van der Waals surface area (Å²) in [6.07, 6.45) is 0. The lowest BCUT2D eigenvalue weighted by Crippen LogP contribution is -2.52. The standard InChI is InChI=1S/C18H19N5OS.ClH/c1-13-12-19-9-10-22(13)18(24)16-20-17(15-8-5-11-25-15)23(21-16)14-6-3-2-4-7-14;/h2-8,11,13,19H,9-10,12H2,1H3;1H. The number of hydrogen-bond acceptors (Lipinski definition) is 5. The highest BCUT2D eigenvalue weighted by Crippen LogP contribution is 2.26. The molecule has 2 aromatic heterocycles. The van der Waals surface area contributed by atoms with Crippen molar-refractivity contribution in [2.75, 3.05) is 19.6 Å². The summed E-state index contributed by atoms with van der Waals surface area (Å²) in [7, 11) is 0. The van der Waals surface area contributed by atoms with Gasteiger partial charge in [-0.25, -0.2) is 9.67 Å². The Bertz CT molecular complexity index is 865. The Hall–Kier alpha value is -2.22. The van der Waals surface area contributed by atoms with Crippen LogP contribution >= 0.6 is 23.7 Å². The van der Waals surface area contributed by atoms with E-state index in [4.69, 9.17) is 0 Å². The van der Waals surface area contributed by atoms with Crippen molar-refractivity contribution in [3.63, 3.8) is 0 Å². The van der Waals surface area contributed by atoms with Crippen molar-refractivity contribution in [2.24, 2.45) is 0 Å². The third-order valence-corrected chi connectivity index (χ3v) is 5.17. The third-order valence-electron chi connectivity index (χ3n) is 4.30. The molecule has 1 fully saturated rings. The van der Waals surface area contributed by atoms with Gasteiger partial charge >= 0.3 is 0 Å². The van der Waals surface area contributed by atoms with Crippen molar-refractivity contribution < 1.29 is 4.79 Å². The van der Waals surface area contributed by atoms with Gasteiger partial charge in [-0.2, -0.15) is 0 Å². The second-order valence-electron chi connectivity index (χ2n) is 6.04. The second kappa shape index (κ2) is 7.99. The lowest BCUT2D eigenvalue weighted by molar-refractivity contribution is 0.0643. The molecule has 1 N–H and O–H groups in total. The number of nitrogens with zero attached hydrogens (tertiary/aromatic N) is 4. The summed E-state index contributed by atoms with van der Waals surface area (Å²) in [5, 5.41) is 9.84. The fourth-order valence-electron chi connectivity index (χ4n) is 2.99. The van der Waals surface area contributed by atoms with Crippen LogP contribution in [0.5, 0.6) is 0 Å². The zero-order valence-electron chi connectivity index (χ0n) is 14.3. The van der Waals surface area contributed by atoms with Crippen molar-refractivity contribution in [2.45, 2.75) is 13.0 Å². The van der Waals surface area contributed by atoms with Gasteiger partial charge in [0, 0.05) is 25.7 Å². The monoisotopic (exact) mass is 389 g/mol. The van der Waals surface area contributed by atoms with E-state index in [9.17, 15) is 4.79 Å². The Balaban J connectivity index is 0.00000196. The highest BCUT2D eigenvalue weighted by molar-refractivity contribution is 7.13. The van der Waals surface area contributed by atoms with E-state index in [-0.39, 0.29) is 30.2 Å². The van der Waals surface area contributed by atoms with Gasteiger partial charge in [-0.05, 0) is 30.5 Å². The number of rotatable bonds is 3. The molecule has 1 aromatic carbocycles. The number of piperazine rings is 1. The van der Waals surface area contributed by atoms with E-state index >= 15 is 0 Å². The number of amides is 1. The van der Waals surface area contributed by atoms with Gasteiger partial charge < -0.3 is 10.2 Å². The van der Waals surface area contributed by atoms with Crippen LogP contribution in [0.3, 0.4) is 0 Å². The average molecular weight is 390 g/mol. The number of thiophene rings is 1. The molecule has 1 aliphatic heterocycles. The van der Waals surface area contributed by atoms with Crippen LogP contribution in [-0.4, -0.2) is 51.2 Å². The molecule has 1 atom stereocenters. The minimum Gasteiger partial charge on any atom is -0.331 e. The fraction of sp³-hybridized carbons (Fsp3) is 0.278. The molecule has 6 nitrogen and oxygen atoms in total. The lowest BCUT2D eigenvalue weighted by atomic mass is 10.2. The van der Waals surface area contributed by atoms with Crippen LogP contribution < -0.4 is 5.32 Å². The molecule has 3 heterocycles. The Labute approximate surface area is 162 Å². The van der Waals surface area contributed by atoms with E-state index in [0.29, 0.717) is 12.4 Å². The number of carbonyl (C=O) groups is 1. The van der Waals surface area contributed by atoms with Gasteiger partial charge in [0.15, 0.2) is 5.82 Å². The predicted octanol–water partition coefficient (Wildman–Crippen LogP) is 2.85. The largest absolute Gasteiger partial charge is 0.331 e. The van der Waals surface area contributed by atoms with Crippen LogP contribution in [-0.2, 0) is 0 Å². The van der Waals surface area contributed by atoms with E-state index in [2.05, 4.69) is 15.4 Å². The van der Waals surface area contributed by atoms with Crippen molar-refractivity contribution in [3.8, 4) is 16.4 Å². The zero-order valence-corrected chi connectivity index (χ0v) is 16.0. The average Bonchev–Trinajstić information content (AvgIpc) is 3.32. The molecular weight excluding hydrogens is 370 g/mol. The van der Waals surface area contributed by atoms with Crippen LogP contribution in [0.25, 0.3) is 16.4 Å². The summed E-state index contributed by atoms with van der Waals surface area (Å²) in [5.41, 5.74) is 0.894. The molecule has 1 amide bonds. The van der Waals surface area contributed by atoms with Gasteiger partial charge in [0.05, 0.1) is 10.6 Å². The Morgan fingerprint density at radius 1 is 1.23 bits per heavy atom. The minimum absolute atomic E-state index is 0. The third kappa shape index (κ3) is 3.51. The van der Waals surface area contributed by atoms with Crippen LogP contribution in [0.1, 0.15) is 17.5 Å². The fourth-order valence-corrected chi connectivity index (χ4v) is 3.69. The normalized spacial score (nSPS) is 17.0. The maximum atomic E-state index is 12.9. The van der Waals surface area contributed by atoms with E-state index < -0.39 is 0 Å². The Morgan fingerprint density at radius 3 is 2.73 bits per heavy atom. The molecule has 136 valence electrons. The molecule has 0 bridgehead atoms. The van der Waals surface area contributed by atoms with E-state index in [0.717, 1.165) is 23.7 Å². The van der Waals surface area contributed by atoms with Gasteiger partial charge in [0.1, 0.15) is 0 Å². The molecule has 0 aliphatic carbocycles. The van der Waals surface area contributed by atoms with Gasteiger partial charge in [-0.1, -0.05) is 24.3 Å². The van der Waals surface area contributed by atoms with Crippen molar-refractivity contribution >= 4 is 29.7 Å². The van der Waals surface area contributed by atoms with Gasteiger partial charge in [-0.15, -0.1) is 28.8 Å². The number of hydrogen-bond donors (Lipinski definition) is 1. The van der Waals surface area contributed by atoms with Crippen LogP contribution in [0.4, 0.5) is 0 Å². The summed E-state index contributed by atoms with van der Waals surface area (Å²) >= 11 is 1.59. The molecule has 1 aliphatic rings. The first kappa shape index (κ1) is 18.6. The maximum absolute atomic E-state index is 12.9. The smallest absolute Gasteiger partial charge is 0.293 e. The molecule has 8 heteroatoms. The first-order valence-electron chi connectivity index (χ1n) is 8.32. The number of benzene rings is 1. The van der Waals surface area contributed by atoms with E-state index in [1.807, 2.05) is 59.7 Å². The van der Waals surface area contributed by atoms with Crippen LogP contribution in [0, 0.1) is 0 Å². The molecule has 0 saturated carbocycles. The molecular formula is C18H20ClN5OS. The lowest BCUT2D eigenvalue weighted by Gasteiger charge is -2.33. The molecule has 1 saturated heterocycles. The van der Waals surface area contributed by atoms with Crippen LogP contribution in [0.15, 0.2) is 47.8 Å². The van der Waals surface area contributed by atoms with E-state index in [1.165, 1.54) is 0 Å². The van der Waals surface area contributed by atoms with E-state index in [1.54, 1.807) is 16.0 Å². The van der Waals surface area contributed by atoms with Crippen molar-refractivity contribution in [1.82, 2.24) is 25.0 Å². The summed E-state index contributed by atoms with van der Waals surface area (Å²) in [6, 6.07) is 13.9. The number of halogens is 1. The zero-order chi connectivity index (χ0) is 17.2. The molecule has 1 unspecified atom stereocenters. The SMILES string of the molecule is CC1CNCCN1C(=O)c1nc(-c2cccs2)n(-c2ccccc2)n1.Cl. The number of carbonyl (C=O) groups excluding carboxylic acids is 1. The Morgan fingerprint density at radius 2 is 2.04 bits per heavy atom. The summed E-state index contributed by atoms with van der Waals surface area (Å²) in [6.45, 7) is 4.31. The summed E-state index contributed by atoms with van der Waals surface area (Å²) in [4.78, 5) is 20.4. The molecule has 4 rings (SSSR count). The quantitative estimate of drug-likeness (QED) is 0.748. The summed E-state index contributed by atoms with van der Waals surface area (Å²) in [5.74, 6) is 0.842. The predicted molar refractivity (Wildman–Crippen MR) is 105 cm³/mol. The van der Waals surface area contributed by atoms with Crippen LogP contribution in [0.2, 0.25) is 0 Å². The summed E-state index contributed by atoms with van der Waals surface area (Å²) < 4.78 is 1.76. The second-order valence-corrected chi connectivity index (χ2v) is 6.98. The number of para-hydroxylation sites is 1. The number of aromatic nitrogens is 3. The topological polar surface area (TPSA) is 63.1 Å². The first-order chi connectivity index (χ1) is 12.2. The number of nitrogens with one attached hydrogen (secondary N) is 1. The van der Waals surface area contributed by atoms with Gasteiger partial charge in [0.2, 0.25) is 5.82 Å². The highest BCUT2D eigenvalue weighted by Gasteiger charge is 2.28. The van der Waals surface area contributed by atoms with Crippen molar-refractivity contribution in [1.29, 1.82) is 0 Å². The molecule has 0 spiro atoms. The molecule has 26 heavy (non-hydrogen) atoms. The Kier molecular flexibility index (Phi) is 5.70. The maximum Gasteiger partial charge on any atom is 0.293 e. The van der Waals surface area contributed by atoms with Gasteiger partial charge in [0.25, 0.3) is 5.91 Å². The minimum atomic E-state index is -0.110. The highest BCUT2D eigenvalue weighted by atomic mass is 35.5. The van der Waals surface area contributed by atoms with Crippen molar-refractivity contribution in [3.05, 3.63) is 53.7 Å². The van der Waals surface area contributed by atoms with Gasteiger partial charge in [-0.3, -0.25) is 4.79 Å². The molecule has 0 radical (unpaired) electrons. The molecule has 3 aromatic rings.